The number of benzene rings is 2. The number of anilines is 1. The SMILES string of the molecule is CCC[C@@H](C)NC(=O)c1ccc(N(C)S(=O)(=O)c2ccc(OC)c(OC)c2)cc1. The predicted molar refractivity (Wildman–Crippen MR) is 113 cm³/mol. The maximum Gasteiger partial charge on any atom is 0.264 e. The summed E-state index contributed by atoms with van der Waals surface area (Å²) in [5, 5.41) is 2.93. The molecule has 2 aromatic rings. The second-order valence-electron chi connectivity index (χ2n) is 6.70. The Labute approximate surface area is 172 Å². The van der Waals surface area contributed by atoms with Crippen LogP contribution in [0.4, 0.5) is 5.69 Å². The molecule has 0 aliphatic heterocycles. The average Bonchev–Trinajstić information content (AvgIpc) is 2.72. The Balaban J connectivity index is 2.23. The Morgan fingerprint density at radius 3 is 2.24 bits per heavy atom. The third-order valence-corrected chi connectivity index (χ3v) is 6.39. The minimum atomic E-state index is -3.81. The summed E-state index contributed by atoms with van der Waals surface area (Å²) in [6.07, 6.45) is 1.88. The van der Waals surface area contributed by atoms with E-state index in [0.717, 1.165) is 17.1 Å². The maximum absolute atomic E-state index is 13.0. The van der Waals surface area contributed by atoms with Gasteiger partial charge in [0, 0.05) is 24.7 Å². The van der Waals surface area contributed by atoms with Crippen LogP contribution in [0.3, 0.4) is 0 Å². The second-order valence-corrected chi connectivity index (χ2v) is 8.67. The van der Waals surface area contributed by atoms with Crippen molar-refractivity contribution in [1.82, 2.24) is 5.32 Å². The van der Waals surface area contributed by atoms with Crippen molar-refractivity contribution < 1.29 is 22.7 Å². The second kappa shape index (κ2) is 9.65. The fourth-order valence-corrected chi connectivity index (χ4v) is 4.12. The van der Waals surface area contributed by atoms with Crippen molar-refractivity contribution in [3.05, 3.63) is 48.0 Å². The van der Waals surface area contributed by atoms with Crippen LogP contribution in [0.2, 0.25) is 0 Å². The van der Waals surface area contributed by atoms with Gasteiger partial charge in [0.25, 0.3) is 15.9 Å². The van der Waals surface area contributed by atoms with Gasteiger partial charge < -0.3 is 14.8 Å². The number of carbonyl (C=O) groups is 1. The van der Waals surface area contributed by atoms with Crippen LogP contribution >= 0.6 is 0 Å². The zero-order valence-electron chi connectivity index (χ0n) is 17.4. The van der Waals surface area contributed by atoms with Crippen molar-refractivity contribution in [2.45, 2.75) is 37.6 Å². The van der Waals surface area contributed by atoms with E-state index in [0.29, 0.717) is 22.7 Å². The first-order chi connectivity index (χ1) is 13.7. The smallest absolute Gasteiger partial charge is 0.264 e. The summed E-state index contributed by atoms with van der Waals surface area (Å²) in [6.45, 7) is 4.02. The van der Waals surface area contributed by atoms with Crippen LogP contribution in [-0.2, 0) is 10.0 Å². The van der Waals surface area contributed by atoms with Gasteiger partial charge in [-0.15, -0.1) is 0 Å². The Hall–Kier alpha value is -2.74. The van der Waals surface area contributed by atoms with E-state index in [4.69, 9.17) is 9.47 Å². The quantitative estimate of drug-likeness (QED) is 0.672. The van der Waals surface area contributed by atoms with Crippen LogP contribution in [0.5, 0.6) is 11.5 Å². The number of hydrogen-bond acceptors (Lipinski definition) is 5. The molecule has 2 rings (SSSR count). The summed E-state index contributed by atoms with van der Waals surface area (Å²) >= 11 is 0. The first kappa shape index (κ1) is 22.5. The molecule has 1 amide bonds. The van der Waals surface area contributed by atoms with E-state index in [2.05, 4.69) is 12.2 Å². The van der Waals surface area contributed by atoms with Crippen LogP contribution in [-0.4, -0.2) is 41.6 Å². The molecule has 0 radical (unpaired) electrons. The van der Waals surface area contributed by atoms with Crippen molar-refractivity contribution in [1.29, 1.82) is 0 Å². The number of sulfonamides is 1. The van der Waals surface area contributed by atoms with E-state index in [1.165, 1.54) is 33.4 Å². The molecule has 158 valence electrons. The molecular weight excluding hydrogens is 392 g/mol. The molecule has 0 heterocycles. The summed E-state index contributed by atoms with van der Waals surface area (Å²) in [6, 6.07) is 11.0. The maximum atomic E-state index is 13.0. The zero-order valence-corrected chi connectivity index (χ0v) is 18.2. The molecule has 0 aromatic heterocycles. The number of nitrogens with one attached hydrogen (secondary N) is 1. The highest BCUT2D eigenvalue weighted by Gasteiger charge is 2.23. The monoisotopic (exact) mass is 420 g/mol. The number of nitrogens with zero attached hydrogens (tertiary/aromatic N) is 1. The number of methoxy groups -OCH3 is 2. The lowest BCUT2D eigenvalue weighted by molar-refractivity contribution is 0.0938. The van der Waals surface area contributed by atoms with Crippen molar-refractivity contribution in [2.75, 3.05) is 25.6 Å². The third kappa shape index (κ3) is 5.20. The van der Waals surface area contributed by atoms with Gasteiger partial charge in [-0.05, 0) is 49.7 Å². The number of hydrogen-bond donors (Lipinski definition) is 1. The van der Waals surface area contributed by atoms with Gasteiger partial charge in [0.2, 0.25) is 0 Å². The lowest BCUT2D eigenvalue weighted by atomic mass is 10.1. The molecular formula is C21H28N2O5S. The normalized spacial score (nSPS) is 12.2. The summed E-state index contributed by atoms with van der Waals surface area (Å²) in [5.41, 5.74) is 0.923. The van der Waals surface area contributed by atoms with E-state index >= 15 is 0 Å². The summed E-state index contributed by atoms with van der Waals surface area (Å²) < 4.78 is 37.5. The Morgan fingerprint density at radius 1 is 1.07 bits per heavy atom. The van der Waals surface area contributed by atoms with E-state index in [1.807, 2.05) is 6.92 Å². The molecule has 0 fully saturated rings. The van der Waals surface area contributed by atoms with Gasteiger partial charge in [-0.2, -0.15) is 0 Å². The highest BCUT2D eigenvalue weighted by atomic mass is 32.2. The van der Waals surface area contributed by atoms with E-state index < -0.39 is 10.0 Å². The minimum absolute atomic E-state index is 0.0767. The van der Waals surface area contributed by atoms with E-state index in [1.54, 1.807) is 30.3 Å². The molecule has 8 heteroatoms. The summed E-state index contributed by atoms with van der Waals surface area (Å²) in [5.74, 6) is 0.597. The van der Waals surface area contributed by atoms with Crippen LogP contribution in [0.25, 0.3) is 0 Å². The molecule has 0 aliphatic rings. The summed E-state index contributed by atoms with van der Waals surface area (Å²) in [4.78, 5) is 12.4. The van der Waals surface area contributed by atoms with Gasteiger partial charge in [-0.25, -0.2) is 8.42 Å². The number of ether oxygens (including phenoxy) is 2. The molecule has 0 spiro atoms. The molecule has 2 aromatic carbocycles. The highest BCUT2D eigenvalue weighted by Crippen LogP contribution is 2.31. The largest absolute Gasteiger partial charge is 0.493 e. The van der Waals surface area contributed by atoms with Gasteiger partial charge in [0.05, 0.1) is 24.8 Å². The molecule has 1 N–H and O–H groups in total. The first-order valence-electron chi connectivity index (χ1n) is 9.36. The summed E-state index contributed by atoms with van der Waals surface area (Å²) in [7, 11) is 0.583. The molecule has 29 heavy (non-hydrogen) atoms. The van der Waals surface area contributed by atoms with E-state index in [-0.39, 0.29) is 16.8 Å². The van der Waals surface area contributed by atoms with E-state index in [9.17, 15) is 13.2 Å². The molecule has 0 aliphatic carbocycles. The van der Waals surface area contributed by atoms with Gasteiger partial charge in [-0.3, -0.25) is 9.10 Å². The van der Waals surface area contributed by atoms with Crippen LogP contribution in [0.1, 0.15) is 37.0 Å². The molecule has 7 nitrogen and oxygen atoms in total. The average molecular weight is 421 g/mol. The molecule has 0 saturated heterocycles. The number of carbonyl (C=O) groups excluding carboxylic acids is 1. The lowest BCUT2D eigenvalue weighted by Gasteiger charge is -2.20. The van der Waals surface area contributed by atoms with Crippen molar-refractivity contribution >= 4 is 21.6 Å². The fraction of sp³-hybridized carbons (Fsp3) is 0.381. The van der Waals surface area contributed by atoms with Crippen LogP contribution < -0.4 is 19.1 Å². The van der Waals surface area contributed by atoms with Crippen LogP contribution in [0, 0.1) is 0 Å². The third-order valence-electron chi connectivity index (χ3n) is 4.61. The van der Waals surface area contributed by atoms with Gasteiger partial charge >= 0.3 is 0 Å². The number of rotatable bonds is 9. The Morgan fingerprint density at radius 2 is 1.69 bits per heavy atom. The number of amides is 1. The topological polar surface area (TPSA) is 84.9 Å². The molecule has 0 saturated carbocycles. The van der Waals surface area contributed by atoms with Crippen LogP contribution in [0.15, 0.2) is 47.4 Å². The fourth-order valence-electron chi connectivity index (χ4n) is 2.91. The van der Waals surface area contributed by atoms with Crippen molar-refractivity contribution in [3.8, 4) is 11.5 Å². The Bertz CT molecular complexity index is 942. The first-order valence-corrected chi connectivity index (χ1v) is 10.8. The standard InChI is InChI=1S/C21H28N2O5S/c1-6-7-15(2)22-21(24)16-8-10-17(11-9-16)23(3)29(25,26)18-12-13-19(27-4)20(14-18)28-5/h8-15H,6-7H2,1-5H3,(H,22,24)/t15-/m1/s1. The zero-order chi connectivity index (χ0) is 21.6. The molecule has 0 unspecified atom stereocenters. The van der Waals surface area contributed by atoms with Gasteiger partial charge in [-0.1, -0.05) is 13.3 Å². The Kier molecular flexibility index (Phi) is 7.50. The van der Waals surface area contributed by atoms with Crippen molar-refractivity contribution in [3.63, 3.8) is 0 Å². The highest BCUT2D eigenvalue weighted by molar-refractivity contribution is 7.92. The molecule has 0 bridgehead atoms. The van der Waals surface area contributed by atoms with Gasteiger partial charge in [0.1, 0.15) is 0 Å². The predicted octanol–water partition coefficient (Wildman–Crippen LogP) is 3.45. The van der Waals surface area contributed by atoms with Gasteiger partial charge in [0.15, 0.2) is 11.5 Å². The van der Waals surface area contributed by atoms with Crippen molar-refractivity contribution in [2.24, 2.45) is 0 Å². The lowest BCUT2D eigenvalue weighted by Crippen LogP contribution is -2.32. The minimum Gasteiger partial charge on any atom is -0.493 e. The molecule has 1 atom stereocenters.